The van der Waals surface area contributed by atoms with Crippen molar-refractivity contribution in [2.75, 3.05) is 27.4 Å². The topological polar surface area (TPSA) is 80.0 Å². The number of carbonyl (C=O) groups is 1. The van der Waals surface area contributed by atoms with Crippen molar-refractivity contribution in [3.05, 3.63) is 23.8 Å². The van der Waals surface area contributed by atoms with E-state index < -0.39 is 0 Å². The maximum atomic E-state index is 11.4. The maximum Gasteiger partial charge on any atom is 0.306 e. The minimum absolute atomic E-state index is 0.123. The lowest BCUT2D eigenvalue weighted by atomic mass is 9.83. The molecule has 1 aliphatic heterocycles. The van der Waals surface area contributed by atoms with Gasteiger partial charge in [0.05, 0.1) is 13.7 Å². The highest BCUT2D eigenvalue weighted by molar-refractivity contribution is 5.71. The fourth-order valence-corrected chi connectivity index (χ4v) is 3.59. The molecule has 0 aromatic heterocycles. The lowest BCUT2D eigenvalue weighted by molar-refractivity contribution is -0.142. The number of hydrogen-bond donors (Lipinski definition) is 1. The van der Waals surface area contributed by atoms with E-state index in [4.69, 9.17) is 24.7 Å². The van der Waals surface area contributed by atoms with Crippen molar-refractivity contribution in [3.8, 4) is 11.5 Å². The zero-order chi connectivity index (χ0) is 20.5. The summed E-state index contributed by atoms with van der Waals surface area (Å²) in [5, 5.41) is 0. The van der Waals surface area contributed by atoms with Gasteiger partial charge < -0.3 is 24.7 Å². The largest absolute Gasteiger partial charge is 0.493 e. The normalized spacial score (nSPS) is 18.8. The predicted octanol–water partition coefficient (Wildman–Crippen LogP) is 3.35. The summed E-state index contributed by atoms with van der Waals surface area (Å²) < 4.78 is 21.8. The summed E-state index contributed by atoms with van der Waals surface area (Å²) in [5.41, 5.74) is 7.56. The quantitative estimate of drug-likeness (QED) is 0.433. The molecule has 0 radical (unpaired) electrons. The minimum Gasteiger partial charge on any atom is -0.493 e. The molecule has 0 amide bonds. The smallest absolute Gasteiger partial charge is 0.306 e. The van der Waals surface area contributed by atoms with Crippen molar-refractivity contribution in [1.82, 2.24) is 0 Å². The van der Waals surface area contributed by atoms with E-state index >= 15 is 0 Å². The van der Waals surface area contributed by atoms with Crippen molar-refractivity contribution in [3.63, 3.8) is 0 Å². The van der Waals surface area contributed by atoms with Crippen LogP contribution in [0.2, 0.25) is 0 Å². The molecule has 28 heavy (non-hydrogen) atoms. The van der Waals surface area contributed by atoms with E-state index in [-0.39, 0.29) is 18.1 Å². The van der Waals surface area contributed by atoms with Crippen molar-refractivity contribution in [1.29, 1.82) is 0 Å². The summed E-state index contributed by atoms with van der Waals surface area (Å²) in [7, 11) is 3.33. The molecule has 158 valence electrons. The Morgan fingerprint density at radius 2 is 2.00 bits per heavy atom. The van der Waals surface area contributed by atoms with Crippen molar-refractivity contribution in [2.24, 2.45) is 17.6 Å². The molecule has 2 N–H and O–H groups in total. The molecule has 1 heterocycles. The molecule has 1 aliphatic rings. The van der Waals surface area contributed by atoms with Crippen LogP contribution in [0.5, 0.6) is 11.5 Å². The monoisotopic (exact) mass is 393 g/mol. The average Bonchev–Trinajstić information content (AvgIpc) is 3.11. The van der Waals surface area contributed by atoms with Crippen LogP contribution in [0, 0.1) is 11.8 Å². The number of hydrogen-bond acceptors (Lipinski definition) is 6. The molecule has 1 saturated heterocycles. The van der Waals surface area contributed by atoms with E-state index in [1.165, 1.54) is 5.56 Å². The summed E-state index contributed by atoms with van der Waals surface area (Å²) in [5.74, 6) is 2.22. The van der Waals surface area contributed by atoms with Gasteiger partial charge in [-0.2, -0.15) is 0 Å². The second-order valence-corrected chi connectivity index (χ2v) is 7.85. The first-order valence-electron chi connectivity index (χ1n) is 10.2. The Balaban J connectivity index is 2.01. The number of rotatable bonds is 12. The van der Waals surface area contributed by atoms with Gasteiger partial charge in [-0.05, 0) is 48.8 Å². The van der Waals surface area contributed by atoms with Gasteiger partial charge in [-0.3, -0.25) is 4.79 Å². The zero-order valence-corrected chi connectivity index (χ0v) is 17.6. The molecule has 1 aromatic rings. The van der Waals surface area contributed by atoms with Crippen LogP contribution in [-0.2, 0) is 20.7 Å². The Hall–Kier alpha value is -1.79. The Morgan fingerprint density at radius 3 is 2.61 bits per heavy atom. The standard InChI is InChI=1S/C22H35NO5/c1-15(2)17(14-18(23)19-8-9-22(24)28-19)12-16-6-7-20(26-4)21(13-16)27-11-5-10-25-3/h6-7,13,15,17-19H,5,8-12,14,23H2,1-4H3/t17-,18-,19-/m0/s1. The van der Waals surface area contributed by atoms with Crippen LogP contribution < -0.4 is 15.2 Å². The maximum absolute atomic E-state index is 11.4. The third kappa shape index (κ3) is 6.67. The summed E-state index contributed by atoms with van der Waals surface area (Å²) in [6.07, 6.45) is 3.60. The molecule has 3 atom stereocenters. The highest BCUT2D eigenvalue weighted by atomic mass is 16.6. The van der Waals surface area contributed by atoms with Crippen LogP contribution in [0.15, 0.2) is 18.2 Å². The van der Waals surface area contributed by atoms with Gasteiger partial charge in [0.15, 0.2) is 11.5 Å². The molecule has 6 heteroatoms. The number of nitrogens with two attached hydrogens (primary N) is 1. The fraction of sp³-hybridized carbons (Fsp3) is 0.682. The molecular formula is C22H35NO5. The highest BCUT2D eigenvalue weighted by Gasteiger charge is 2.31. The number of cyclic esters (lactones) is 1. The first kappa shape index (κ1) is 22.5. The van der Waals surface area contributed by atoms with Gasteiger partial charge in [0.25, 0.3) is 0 Å². The van der Waals surface area contributed by atoms with Crippen molar-refractivity contribution < 1.29 is 23.7 Å². The number of methoxy groups -OCH3 is 2. The van der Waals surface area contributed by atoms with Gasteiger partial charge in [-0.25, -0.2) is 0 Å². The summed E-state index contributed by atoms with van der Waals surface area (Å²) in [6, 6.07) is 5.97. The van der Waals surface area contributed by atoms with Crippen LogP contribution >= 0.6 is 0 Å². The van der Waals surface area contributed by atoms with Gasteiger partial charge in [0, 0.05) is 32.6 Å². The van der Waals surface area contributed by atoms with Gasteiger partial charge >= 0.3 is 5.97 Å². The predicted molar refractivity (Wildman–Crippen MR) is 109 cm³/mol. The fourth-order valence-electron chi connectivity index (χ4n) is 3.59. The third-order valence-electron chi connectivity index (χ3n) is 5.39. The van der Waals surface area contributed by atoms with E-state index in [0.717, 1.165) is 37.2 Å². The van der Waals surface area contributed by atoms with Crippen LogP contribution in [0.4, 0.5) is 0 Å². The van der Waals surface area contributed by atoms with E-state index in [1.807, 2.05) is 6.07 Å². The Bertz CT molecular complexity index is 619. The number of ether oxygens (including phenoxy) is 4. The molecule has 6 nitrogen and oxygen atoms in total. The van der Waals surface area contributed by atoms with Gasteiger partial charge in [0.1, 0.15) is 6.10 Å². The average molecular weight is 394 g/mol. The lowest BCUT2D eigenvalue weighted by Crippen LogP contribution is -2.37. The Morgan fingerprint density at radius 1 is 1.21 bits per heavy atom. The first-order chi connectivity index (χ1) is 13.4. The number of benzene rings is 1. The van der Waals surface area contributed by atoms with E-state index in [2.05, 4.69) is 26.0 Å². The second kappa shape index (κ2) is 11.3. The molecule has 0 aliphatic carbocycles. The summed E-state index contributed by atoms with van der Waals surface area (Å²) in [4.78, 5) is 11.4. The molecule has 1 aromatic carbocycles. The van der Waals surface area contributed by atoms with Crippen LogP contribution in [0.1, 0.15) is 45.1 Å². The minimum atomic E-state index is -0.149. The summed E-state index contributed by atoms with van der Waals surface area (Å²) in [6.45, 7) is 5.67. The molecule has 0 spiro atoms. The Labute approximate surface area is 168 Å². The van der Waals surface area contributed by atoms with Crippen LogP contribution in [0.3, 0.4) is 0 Å². The molecule has 0 unspecified atom stereocenters. The molecule has 0 bridgehead atoms. The Kier molecular flexibility index (Phi) is 9.06. The summed E-state index contributed by atoms with van der Waals surface area (Å²) >= 11 is 0. The highest BCUT2D eigenvalue weighted by Crippen LogP contribution is 2.32. The first-order valence-corrected chi connectivity index (χ1v) is 10.2. The van der Waals surface area contributed by atoms with Crippen LogP contribution in [0.25, 0.3) is 0 Å². The molecule has 0 saturated carbocycles. The number of esters is 1. The lowest BCUT2D eigenvalue weighted by Gasteiger charge is -2.27. The van der Waals surface area contributed by atoms with Crippen LogP contribution in [-0.4, -0.2) is 45.5 Å². The van der Waals surface area contributed by atoms with Gasteiger partial charge in [0.2, 0.25) is 0 Å². The van der Waals surface area contributed by atoms with Crippen molar-refractivity contribution >= 4 is 5.97 Å². The van der Waals surface area contributed by atoms with E-state index in [1.54, 1.807) is 14.2 Å². The molecular weight excluding hydrogens is 358 g/mol. The molecule has 1 fully saturated rings. The second-order valence-electron chi connectivity index (χ2n) is 7.85. The third-order valence-corrected chi connectivity index (χ3v) is 5.39. The zero-order valence-electron chi connectivity index (χ0n) is 17.6. The van der Waals surface area contributed by atoms with Gasteiger partial charge in [-0.1, -0.05) is 19.9 Å². The number of carbonyl (C=O) groups excluding carboxylic acids is 1. The SMILES string of the molecule is COCCCOc1cc(C[C@@H](C[C@H](N)[C@@H]2CCC(=O)O2)C(C)C)ccc1OC. The molecule has 2 rings (SSSR count). The van der Waals surface area contributed by atoms with E-state index in [9.17, 15) is 4.79 Å². The van der Waals surface area contributed by atoms with E-state index in [0.29, 0.717) is 31.5 Å². The van der Waals surface area contributed by atoms with Gasteiger partial charge in [-0.15, -0.1) is 0 Å². The van der Waals surface area contributed by atoms with Crippen molar-refractivity contribution in [2.45, 2.75) is 58.1 Å².